The molecule has 1 aromatic carbocycles. The lowest BCUT2D eigenvalue weighted by molar-refractivity contribution is -0.131. The summed E-state index contributed by atoms with van der Waals surface area (Å²) in [4.78, 5) is 31.0. The summed E-state index contributed by atoms with van der Waals surface area (Å²) in [6, 6.07) is 7.33. The van der Waals surface area contributed by atoms with Crippen molar-refractivity contribution in [1.29, 1.82) is 0 Å². The standard InChI is InChI=1S/C21H26N4O4/c1-15-17(16(2)29-22-15)12-23-8-5-9-24(11-10-23)20(26)13-25-18-6-3-4-7-19(18)28-14-21(25)27/h3-4,6-7H,5,8-14H2,1-2H3. The van der Waals surface area contributed by atoms with E-state index in [1.54, 1.807) is 0 Å². The highest BCUT2D eigenvalue weighted by Crippen LogP contribution is 2.31. The second-order valence-corrected chi connectivity index (χ2v) is 7.55. The van der Waals surface area contributed by atoms with Gasteiger partial charge in [-0.25, -0.2) is 0 Å². The number of carbonyl (C=O) groups excluding carboxylic acids is 2. The van der Waals surface area contributed by atoms with E-state index in [1.165, 1.54) is 4.90 Å². The van der Waals surface area contributed by atoms with Crippen LogP contribution in [0, 0.1) is 13.8 Å². The van der Waals surface area contributed by atoms with Crippen molar-refractivity contribution in [1.82, 2.24) is 15.0 Å². The van der Waals surface area contributed by atoms with Gasteiger partial charge in [0.15, 0.2) is 6.61 Å². The molecule has 0 unspecified atom stereocenters. The lowest BCUT2D eigenvalue weighted by Gasteiger charge is -2.31. The molecule has 29 heavy (non-hydrogen) atoms. The van der Waals surface area contributed by atoms with E-state index in [1.807, 2.05) is 43.0 Å². The summed E-state index contributed by atoms with van der Waals surface area (Å²) < 4.78 is 10.7. The van der Waals surface area contributed by atoms with Gasteiger partial charge in [0.1, 0.15) is 18.1 Å². The maximum atomic E-state index is 13.0. The number of rotatable bonds is 4. The maximum absolute atomic E-state index is 13.0. The quantitative estimate of drug-likeness (QED) is 0.781. The molecule has 1 saturated heterocycles. The van der Waals surface area contributed by atoms with E-state index < -0.39 is 0 Å². The van der Waals surface area contributed by atoms with Crippen LogP contribution in [0.25, 0.3) is 0 Å². The highest BCUT2D eigenvalue weighted by molar-refractivity contribution is 6.02. The maximum Gasteiger partial charge on any atom is 0.265 e. The van der Waals surface area contributed by atoms with E-state index in [-0.39, 0.29) is 25.0 Å². The first-order valence-electron chi connectivity index (χ1n) is 9.97. The zero-order valence-electron chi connectivity index (χ0n) is 16.9. The average molecular weight is 398 g/mol. The Morgan fingerprint density at radius 1 is 1.14 bits per heavy atom. The average Bonchev–Trinajstić information content (AvgIpc) is 2.91. The van der Waals surface area contributed by atoms with Crippen LogP contribution in [0.3, 0.4) is 0 Å². The Labute approximate surface area is 170 Å². The van der Waals surface area contributed by atoms with Gasteiger partial charge in [0.25, 0.3) is 5.91 Å². The van der Waals surface area contributed by atoms with Crippen molar-refractivity contribution in [3.8, 4) is 5.75 Å². The zero-order valence-corrected chi connectivity index (χ0v) is 16.9. The van der Waals surface area contributed by atoms with Crippen LogP contribution in [0.1, 0.15) is 23.4 Å². The summed E-state index contributed by atoms with van der Waals surface area (Å²) in [6.07, 6.45) is 0.892. The molecule has 1 aromatic heterocycles. The Morgan fingerprint density at radius 3 is 2.76 bits per heavy atom. The van der Waals surface area contributed by atoms with Gasteiger partial charge < -0.3 is 14.2 Å². The predicted molar refractivity (Wildman–Crippen MR) is 107 cm³/mol. The van der Waals surface area contributed by atoms with Gasteiger partial charge in [0, 0.05) is 38.3 Å². The summed E-state index contributed by atoms with van der Waals surface area (Å²) >= 11 is 0. The van der Waals surface area contributed by atoms with Gasteiger partial charge in [-0.1, -0.05) is 17.3 Å². The summed E-state index contributed by atoms with van der Waals surface area (Å²) in [6.45, 7) is 7.70. The Hall–Kier alpha value is -2.87. The van der Waals surface area contributed by atoms with E-state index in [0.717, 1.165) is 43.1 Å². The van der Waals surface area contributed by atoms with Crippen molar-refractivity contribution in [2.45, 2.75) is 26.8 Å². The number of anilines is 1. The minimum absolute atomic E-state index is 0.0322. The van der Waals surface area contributed by atoms with Gasteiger partial charge >= 0.3 is 0 Å². The number of aryl methyl sites for hydroxylation is 2. The predicted octanol–water partition coefficient (Wildman–Crippen LogP) is 1.75. The molecule has 1 fully saturated rings. The van der Waals surface area contributed by atoms with E-state index in [4.69, 9.17) is 9.26 Å². The molecule has 0 bridgehead atoms. The molecule has 2 aliphatic rings. The third-order valence-corrected chi connectivity index (χ3v) is 5.61. The number of benzene rings is 1. The van der Waals surface area contributed by atoms with Crippen LogP contribution in [0.2, 0.25) is 0 Å². The fourth-order valence-electron chi connectivity index (χ4n) is 3.89. The molecule has 0 radical (unpaired) electrons. The van der Waals surface area contributed by atoms with E-state index in [0.29, 0.717) is 24.5 Å². The van der Waals surface area contributed by atoms with Crippen LogP contribution in [-0.4, -0.2) is 66.1 Å². The van der Waals surface area contributed by atoms with Gasteiger partial charge in [-0.2, -0.15) is 0 Å². The molecule has 0 spiro atoms. The Balaban J connectivity index is 1.38. The normalized spacial score (nSPS) is 17.7. The van der Waals surface area contributed by atoms with E-state index in [9.17, 15) is 9.59 Å². The number of hydrogen-bond acceptors (Lipinski definition) is 6. The van der Waals surface area contributed by atoms with Crippen molar-refractivity contribution < 1.29 is 18.8 Å². The van der Waals surface area contributed by atoms with Crippen molar-refractivity contribution in [3.05, 3.63) is 41.3 Å². The first-order valence-corrected chi connectivity index (χ1v) is 9.97. The third kappa shape index (κ3) is 4.12. The molecule has 0 atom stereocenters. The Bertz CT molecular complexity index is 890. The van der Waals surface area contributed by atoms with E-state index in [2.05, 4.69) is 10.1 Å². The molecule has 4 rings (SSSR count). The molecule has 2 aromatic rings. The topological polar surface area (TPSA) is 79.1 Å². The summed E-state index contributed by atoms with van der Waals surface area (Å²) in [7, 11) is 0. The molecule has 154 valence electrons. The highest BCUT2D eigenvalue weighted by Gasteiger charge is 2.29. The largest absolute Gasteiger partial charge is 0.482 e. The highest BCUT2D eigenvalue weighted by atomic mass is 16.5. The van der Waals surface area contributed by atoms with Crippen molar-refractivity contribution >= 4 is 17.5 Å². The molecule has 0 saturated carbocycles. The number of amides is 2. The number of nitrogens with zero attached hydrogens (tertiary/aromatic N) is 4. The van der Waals surface area contributed by atoms with Crippen LogP contribution in [-0.2, 0) is 16.1 Å². The lowest BCUT2D eigenvalue weighted by atomic mass is 10.2. The number of para-hydroxylation sites is 2. The van der Waals surface area contributed by atoms with Gasteiger partial charge in [-0.05, 0) is 32.4 Å². The minimum atomic E-state index is -0.188. The van der Waals surface area contributed by atoms with Crippen LogP contribution in [0.5, 0.6) is 5.75 Å². The second-order valence-electron chi connectivity index (χ2n) is 7.55. The van der Waals surface area contributed by atoms with Gasteiger partial charge in [0.2, 0.25) is 5.91 Å². The van der Waals surface area contributed by atoms with Crippen LogP contribution < -0.4 is 9.64 Å². The van der Waals surface area contributed by atoms with Gasteiger partial charge in [0.05, 0.1) is 11.4 Å². The summed E-state index contributed by atoms with van der Waals surface area (Å²) in [5, 5.41) is 4.02. The van der Waals surface area contributed by atoms with Crippen molar-refractivity contribution in [2.24, 2.45) is 0 Å². The fourth-order valence-corrected chi connectivity index (χ4v) is 3.89. The first-order chi connectivity index (χ1) is 14.0. The molecule has 2 aliphatic heterocycles. The monoisotopic (exact) mass is 398 g/mol. The Kier molecular flexibility index (Phi) is 5.53. The van der Waals surface area contributed by atoms with Crippen molar-refractivity contribution in [3.63, 3.8) is 0 Å². The molecular formula is C21H26N4O4. The molecule has 8 heteroatoms. The van der Waals surface area contributed by atoms with Gasteiger partial charge in [-0.15, -0.1) is 0 Å². The Morgan fingerprint density at radius 2 is 1.97 bits per heavy atom. The number of hydrogen-bond donors (Lipinski definition) is 0. The molecule has 3 heterocycles. The molecule has 2 amide bonds. The SMILES string of the molecule is Cc1noc(C)c1CN1CCCN(C(=O)CN2C(=O)COc3ccccc32)CC1. The van der Waals surface area contributed by atoms with E-state index >= 15 is 0 Å². The van der Waals surface area contributed by atoms with Crippen molar-refractivity contribution in [2.75, 3.05) is 44.2 Å². The molecule has 0 aliphatic carbocycles. The molecule has 8 nitrogen and oxygen atoms in total. The second kappa shape index (κ2) is 8.24. The summed E-state index contributed by atoms with van der Waals surface area (Å²) in [5.41, 5.74) is 2.71. The smallest absolute Gasteiger partial charge is 0.265 e. The zero-order chi connectivity index (χ0) is 20.4. The first kappa shape index (κ1) is 19.4. The molecular weight excluding hydrogens is 372 g/mol. The van der Waals surface area contributed by atoms with Crippen LogP contribution in [0.4, 0.5) is 5.69 Å². The number of carbonyl (C=O) groups is 2. The number of aromatic nitrogens is 1. The molecule has 0 N–H and O–H groups in total. The summed E-state index contributed by atoms with van der Waals surface area (Å²) in [5.74, 6) is 1.27. The third-order valence-electron chi connectivity index (χ3n) is 5.61. The minimum Gasteiger partial charge on any atom is -0.482 e. The van der Waals surface area contributed by atoms with Crippen LogP contribution >= 0.6 is 0 Å². The lowest BCUT2D eigenvalue weighted by Crippen LogP contribution is -2.47. The fraction of sp³-hybridized carbons (Fsp3) is 0.476. The number of ether oxygens (including phenoxy) is 1. The van der Waals surface area contributed by atoms with Crippen LogP contribution in [0.15, 0.2) is 28.8 Å². The number of fused-ring (bicyclic) bond motifs is 1. The van der Waals surface area contributed by atoms with Gasteiger partial charge in [-0.3, -0.25) is 19.4 Å².